The third kappa shape index (κ3) is 1.71. The van der Waals surface area contributed by atoms with Gasteiger partial charge in [0.15, 0.2) is 11.5 Å². The summed E-state index contributed by atoms with van der Waals surface area (Å²) in [5.41, 5.74) is 2.00. The molecule has 0 saturated carbocycles. The predicted octanol–water partition coefficient (Wildman–Crippen LogP) is 2.92. The van der Waals surface area contributed by atoms with Crippen molar-refractivity contribution in [1.29, 1.82) is 5.26 Å². The number of nitriles is 1. The summed E-state index contributed by atoms with van der Waals surface area (Å²) in [7, 11) is 0. The highest BCUT2D eigenvalue weighted by Crippen LogP contribution is 2.25. The van der Waals surface area contributed by atoms with E-state index in [1.165, 1.54) is 0 Å². The highest BCUT2D eigenvalue weighted by Gasteiger charge is 2.09. The first-order valence-electron chi connectivity index (χ1n) is 5.29. The number of halogens is 1. The van der Waals surface area contributed by atoms with Crippen LogP contribution in [0, 0.1) is 11.3 Å². The van der Waals surface area contributed by atoms with Crippen molar-refractivity contribution >= 4 is 17.2 Å². The molecule has 3 aromatic rings. The highest BCUT2D eigenvalue weighted by molar-refractivity contribution is 6.33. The van der Waals surface area contributed by atoms with Gasteiger partial charge in [0.2, 0.25) is 0 Å². The van der Waals surface area contributed by atoms with Crippen LogP contribution in [0.5, 0.6) is 0 Å². The highest BCUT2D eigenvalue weighted by atomic mass is 35.5. The van der Waals surface area contributed by atoms with E-state index in [1.807, 2.05) is 18.2 Å². The smallest absolute Gasteiger partial charge is 0.183 e. The van der Waals surface area contributed by atoms with Crippen LogP contribution in [0.2, 0.25) is 5.02 Å². The van der Waals surface area contributed by atoms with Gasteiger partial charge in [-0.15, -0.1) is 5.10 Å². The molecule has 0 aliphatic rings. The maximum Gasteiger partial charge on any atom is 0.183 e. The van der Waals surface area contributed by atoms with Gasteiger partial charge in [-0.3, -0.25) is 0 Å². The van der Waals surface area contributed by atoms with Crippen LogP contribution >= 0.6 is 11.6 Å². The fraction of sp³-hybridized carbons (Fsp3) is 0. The summed E-state index contributed by atoms with van der Waals surface area (Å²) in [6, 6.07) is 12.9. The molecule has 0 N–H and O–H groups in total. The van der Waals surface area contributed by atoms with Crippen LogP contribution in [0.25, 0.3) is 17.0 Å². The molecule has 18 heavy (non-hydrogen) atoms. The molecular weight excluding hydrogens is 248 g/mol. The molecule has 0 atom stereocenters. The fourth-order valence-corrected chi connectivity index (χ4v) is 1.93. The van der Waals surface area contributed by atoms with Gasteiger partial charge in [-0.25, -0.2) is 9.50 Å². The zero-order valence-electron chi connectivity index (χ0n) is 9.21. The lowest BCUT2D eigenvalue weighted by Crippen LogP contribution is -1.88. The van der Waals surface area contributed by atoms with Crippen molar-refractivity contribution in [2.24, 2.45) is 0 Å². The van der Waals surface area contributed by atoms with Gasteiger partial charge in [-0.2, -0.15) is 5.26 Å². The first-order valence-corrected chi connectivity index (χ1v) is 5.67. The van der Waals surface area contributed by atoms with E-state index in [4.69, 9.17) is 16.9 Å². The molecule has 3 rings (SSSR count). The summed E-state index contributed by atoms with van der Waals surface area (Å²) in [6.07, 6.45) is 1.64. The van der Waals surface area contributed by atoms with Crippen LogP contribution in [0.3, 0.4) is 0 Å². The average Bonchev–Trinajstić information content (AvgIpc) is 2.81. The number of hydrogen-bond acceptors (Lipinski definition) is 3. The van der Waals surface area contributed by atoms with Gasteiger partial charge in [-0.05, 0) is 24.3 Å². The van der Waals surface area contributed by atoms with Crippen molar-refractivity contribution in [3.05, 3.63) is 53.2 Å². The minimum absolute atomic E-state index is 0.540. The van der Waals surface area contributed by atoms with E-state index in [2.05, 4.69) is 16.2 Å². The summed E-state index contributed by atoms with van der Waals surface area (Å²) in [5.74, 6) is 0.552. The van der Waals surface area contributed by atoms with Crippen LogP contribution < -0.4 is 0 Å². The van der Waals surface area contributed by atoms with Crippen molar-refractivity contribution in [1.82, 2.24) is 14.6 Å². The fourth-order valence-electron chi connectivity index (χ4n) is 1.71. The molecule has 0 unspecified atom stereocenters. The summed E-state index contributed by atoms with van der Waals surface area (Å²) in [5, 5.41) is 13.8. The maximum absolute atomic E-state index is 8.83. The van der Waals surface area contributed by atoms with Crippen LogP contribution in [0.1, 0.15) is 5.56 Å². The van der Waals surface area contributed by atoms with Gasteiger partial charge in [-0.1, -0.05) is 23.7 Å². The molecule has 2 heterocycles. The molecule has 0 aliphatic carbocycles. The maximum atomic E-state index is 8.83. The largest absolute Gasteiger partial charge is 0.219 e. The summed E-state index contributed by atoms with van der Waals surface area (Å²) < 4.78 is 1.58. The lowest BCUT2D eigenvalue weighted by molar-refractivity contribution is 0.962. The molecule has 0 radical (unpaired) electrons. The molecule has 5 heteroatoms. The number of fused-ring (bicyclic) bond motifs is 1. The standard InChI is InChI=1S/C13H7ClN4/c14-11-4-2-1-3-10(11)13-16-12-6-5-9(7-15)8-18(12)17-13/h1-6,8H. The number of hydrogen-bond donors (Lipinski definition) is 0. The first kappa shape index (κ1) is 10.8. The molecular formula is C13H7ClN4. The summed E-state index contributed by atoms with van der Waals surface area (Å²) in [6.45, 7) is 0. The van der Waals surface area contributed by atoms with Crippen LogP contribution in [-0.4, -0.2) is 14.6 Å². The Labute approximate surface area is 108 Å². The molecule has 86 valence electrons. The van der Waals surface area contributed by atoms with Crippen molar-refractivity contribution in [2.45, 2.75) is 0 Å². The quantitative estimate of drug-likeness (QED) is 0.671. The van der Waals surface area contributed by atoms with Gasteiger partial charge in [0.25, 0.3) is 0 Å². The number of aromatic nitrogens is 3. The summed E-state index contributed by atoms with van der Waals surface area (Å²) >= 11 is 6.10. The minimum Gasteiger partial charge on any atom is -0.219 e. The van der Waals surface area contributed by atoms with Crippen molar-refractivity contribution < 1.29 is 0 Å². The van der Waals surface area contributed by atoms with Crippen LogP contribution in [-0.2, 0) is 0 Å². The predicted molar refractivity (Wildman–Crippen MR) is 68.1 cm³/mol. The molecule has 0 fully saturated rings. The molecule has 0 spiro atoms. The molecule has 4 nitrogen and oxygen atoms in total. The number of pyridine rings is 1. The van der Waals surface area contributed by atoms with E-state index in [1.54, 1.807) is 28.9 Å². The Morgan fingerprint density at radius 1 is 1.17 bits per heavy atom. The van der Waals surface area contributed by atoms with E-state index >= 15 is 0 Å². The molecule has 0 saturated heterocycles. The van der Waals surface area contributed by atoms with Crippen molar-refractivity contribution in [3.63, 3.8) is 0 Å². The zero-order chi connectivity index (χ0) is 12.5. The van der Waals surface area contributed by atoms with Crippen LogP contribution in [0.15, 0.2) is 42.6 Å². The Hall–Kier alpha value is -2.38. The van der Waals surface area contributed by atoms with Crippen LogP contribution in [0.4, 0.5) is 0 Å². The summed E-state index contributed by atoms with van der Waals surface area (Å²) in [4.78, 5) is 4.38. The monoisotopic (exact) mass is 254 g/mol. The second-order valence-corrected chi connectivity index (χ2v) is 4.15. The number of rotatable bonds is 1. The lowest BCUT2D eigenvalue weighted by Gasteiger charge is -1.96. The Morgan fingerprint density at radius 3 is 2.78 bits per heavy atom. The molecule has 0 amide bonds. The van der Waals surface area contributed by atoms with Gasteiger partial charge in [0, 0.05) is 11.8 Å². The van der Waals surface area contributed by atoms with E-state index < -0.39 is 0 Å². The lowest BCUT2D eigenvalue weighted by atomic mass is 10.2. The van der Waals surface area contributed by atoms with Crippen molar-refractivity contribution in [3.8, 4) is 17.5 Å². The van der Waals surface area contributed by atoms with Crippen molar-refractivity contribution in [2.75, 3.05) is 0 Å². The van der Waals surface area contributed by atoms with Gasteiger partial charge in [0.05, 0.1) is 10.6 Å². The van der Waals surface area contributed by atoms with Gasteiger partial charge < -0.3 is 0 Å². The SMILES string of the molecule is N#Cc1ccc2nc(-c3ccccc3Cl)nn2c1. The second kappa shape index (κ2) is 4.13. The van der Waals surface area contributed by atoms with E-state index in [0.717, 1.165) is 5.56 Å². The van der Waals surface area contributed by atoms with E-state index in [-0.39, 0.29) is 0 Å². The van der Waals surface area contributed by atoms with Gasteiger partial charge in [0.1, 0.15) is 6.07 Å². The minimum atomic E-state index is 0.540. The molecule has 2 aromatic heterocycles. The third-order valence-corrected chi connectivity index (χ3v) is 2.90. The molecule has 0 bridgehead atoms. The number of nitrogens with zero attached hydrogens (tertiary/aromatic N) is 4. The normalized spacial score (nSPS) is 10.4. The topological polar surface area (TPSA) is 54.0 Å². The van der Waals surface area contributed by atoms with E-state index in [0.29, 0.717) is 22.1 Å². The Morgan fingerprint density at radius 2 is 2.00 bits per heavy atom. The van der Waals surface area contributed by atoms with E-state index in [9.17, 15) is 0 Å². The first-order chi connectivity index (χ1) is 8.78. The molecule has 0 aliphatic heterocycles. The second-order valence-electron chi connectivity index (χ2n) is 3.75. The Balaban J connectivity index is 2.20. The Kier molecular flexibility index (Phi) is 2.47. The van der Waals surface area contributed by atoms with Gasteiger partial charge >= 0.3 is 0 Å². The number of benzene rings is 1. The zero-order valence-corrected chi connectivity index (χ0v) is 9.96. The molecule has 1 aromatic carbocycles. The third-order valence-electron chi connectivity index (χ3n) is 2.57. The average molecular weight is 255 g/mol. The Bertz CT molecular complexity index is 770.